The molecule has 0 bridgehead atoms. The van der Waals surface area contributed by atoms with Crippen molar-refractivity contribution in [3.05, 3.63) is 23.8 Å². The van der Waals surface area contributed by atoms with Crippen molar-refractivity contribution in [3.63, 3.8) is 0 Å². The molecule has 4 nitrogen and oxygen atoms in total. The molecule has 0 saturated heterocycles. The quantitative estimate of drug-likeness (QED) is 0.600. The Morgan fingerprint density at radius 2 is 2.45 bits per heavy atom. The maximum atomic E-state index is 11.0. The van der Waals surface area contributed by atoms with Gasteiger partial charge in [-0.15, -0.1) is 0 Å². The highest BCUT2D eigenvalue weighted by atomic mass is 16.1. The number of hydrogen-bond acceptors (Lipinski definition) is 4. The number of Topliss-reactive ketones (excluding diaryl/α,β-unsaturated/α-hetero) is 1. The van der Waals surface area contributed by atoms with E-state index < -0.39 is 0 Å². The lowest BCUT2D eigenvalue weighted by molar-refractivity contribution is 0.1000. The van der Waals surface area contributed by atoms with Crippen molar-refractivity contribution in [2.45, 2.75) is 6.92 Å². The minimum atomic E-state index is -0.122. The van der Waals surface area contributed by atoms with Crippen LogP contribution in [0.1, 0.15) is 16.1 Å². The number of carbonyl (C=O) groups excluding carboxylic acids is 1. The van der Waals surface area contributed by atoms with Crippen LogP contribution in [0.2, 0.25) is 0 Å². The Morgan fingerprint density at radius 3 is 3.00 bits per heavy atom. The summed E-state index contributed by atoms with van der Waals surface area (Å²) in [5.74, 6) is -0.122. The van der Waals surface area contributed by atoms with Gasteiger partial charge in [0.1, 0.15) is 6.33 Å². The van der Waals surface area contributed by atoms with Crippen molar-refractivity contribution in [1.29, 1.82) is 0 Å². The molecule has 0 amide bonds. The Hall–Kier alpha value is -1.29. The molecule has 1 aromatic heterocycles. The lowest BCUT2D eigenvalue weighted by Crippen LogP contribution is -2.15. The van der Waals surface area contributed by atoms with Gasteiger partial charge < -0.3 is 5.73 Å². The Bertz CT molecular complexity index is 272. The summed E-state index contributed by atoms with van der Waals surface area (Å²) < 4.78 is 0. The topological polar surface area (TPSA) is 68.9 Å². The van der Waals surface area contributed by atoms with Gasteiger partial charge in [0.15, 0.2) is 5.78 Å². The lowest BCUT2D eigenvalue weighted by Gasteiger charge is -1.98. The number of aromatic nitrogens is 2. The number of nitrogens with two attached hydrogens (primary N) is 1. The summed E-state index contributed by atoms with van der Waals surface area (Å²) in [6.45, 7) is 1.76. The smallest absolute Gasteiger partial charge is 0.179 e. The molecule has 1 rings (SSSR count). The molecule has 0 spiro atoms. The van der Waals surface area contributed by atoms with Crippen molar-refractivity contribution in [1.82, 2.24) is 9.97 Å². The van der Waals surface area contributed by atoms with Gasteiger partial charge in [-0.3, -0.25) is 4.79 Å². The summed E-state index contributed by atoms with van der Waals surface area (Å²) in [4.78, 5) is 18.6. The Morgan fingerprint density at radius 1 is 1.73 bits per heavy atom. The van der Waals surface area contributed by atoms with Crippen LogP contribution < -0.4 is 5.73 Å². The van der Waals surface area contributed by atoms with E-state index in [0.717, 1.165) is 0 Å². The summed E-state index contributed by atoms with van der Waals surface area (Å²) in [5, 5.41) is 0. The predicted octanol–water partition coefficient (Wildman–Crippen LogP) is -0.0736. The van der Waals surface area contributed by atoms with Crippen LogP contribution >= 0.6 is 0 Å². The predicted molar refractivity (Wildman–Crippen MR) is 40.2 cm³/mol. The van der Waals surface area contributed by atoms with E-state index in [1.807, 2.05) is 0 Å². The van der Waals surface area contributed by atoms with Crippen LogP contribution in [-0.2, 0) is 0 Å². The van der Waals surface area contributed by atoms with E-state index in [9.17, 15) is 4.79 Å². The number of aryl methyl sites for hydroxylation is 1. The second-order valence-electron chi connectivity index (χ2n) is 2.15. The van der Waals surface area contributed by atoms with Crippen LogP contribution in [0.5, 0.6) is 0 Å². The van der Waals surface area contributed by atoms with Crippen LogP contribution in [0.3, 0.4) is 0 Å². The van der Waals surface area contributed by atoms with Crippen LogP contribution in [-0.4, -0.2) is 22.3 Å². The van der Waals surface area contributed by atoms with E-state index in [1.165, 1.54) is 12.5 Å². The molecule has 58 valence electrons. The van der Waals surface area contributed by atoms with Crippen LogP contribution in [0.15, 0.2) is 12.5 Å². The van der Waals surface area contributed by atoms with Gasteiger partial charge in [0, 0.05) is 6.20 Å². The Labute approximate surface area is 64.5 Å². The Balaban J connectivity index is 3.03. The fourth-order valence-electron chi connectivity index (χ4n) is 0.774. The molecule has 0 unspecified atom stereocenters. The minimum Gasteiger partial charge on any atom is -0.324 e. The third kappa shape index (κ3) is 1.59. The number of rotatable bonds is 2. The van der Waals surface area contributed by atoms with E-state index >= 15 is 0 Å². The zero-order chi connectivity index (χ0) is 8.27. The summed E-state index contributed by atoms with van der Waals surface area (Å²) in [6.07, 6.45) is 2.89. The van der Waals surface area contributed by atoms with Crippen molar-refractivity contribution >= 4 is 5.78 Å². The third-order valence-corrected chi connectivity index (χ3v) is 1.40. The molecule has 0 radical (unpaired) electrons. The van der Waals surface area contributed by atoms with E-state index in [0.29, 0.717) is 11.3 Å². The van der Waals surface area contributed by atoms with Crippen LogP contribution in [0.4, 0.5) is 0 Å². The van der Waals surface area contributed by atoms with Crippen LogP contribution in [0, 0.1) is 6.92 Å². The van der Waals surface area contributed by atoms with E-state index in [4.69, 9.17) is 5.73 Å². The van der Waals surface area contributed by atoms with Gasteiger partial charge >= 0.3 is 0 Å². The first-order valence-corrected chi connectivity index (χ1v) is 3.25. The molecular weight excluding hydrogens is 142 g/mol. The molecule has 0 aliphatic rings. The highest BCUT2D eigenvalue weighted by Gasteiger charge is 2.06. The zero-order valence-electron chi connectivity index (χ0n) is 6.24. The average molecular weight is 151 g/mol. The fraction of sp³-hybridized carbons (Fsp3) is 0.286. The average Bonchev–Trinajstić information content (AvgIpc) is 2.04. The van der Waals surface area contributed by atoms with Gasteiger partial charge in [0.05, 0.1) is 17.8 Å². The summed E-state index contributed by atoms with van der Waals surface area (Å²) in [7, 11) is 0. The first-order chi connectivity index (χ1) is 5.25. The first kappa shape index (κ1) is 7.81. The zero-order valence-corrected chi connectivity index (χ0v) is 6.24. The maximum absolute atomic E-state index is 11.0. The van der Waals surface area contributed by atoms with E-state index in [-0.39, 0.29) is 12.3 Å². The molecule has 1 aromatic rings. The first-order valence-electron chi connectivity index (χ1n) is 3.25. The summed E-state index contributed by atoms with van der Waals surface area (Å²) >= 11 is 0. The normalized spacial score (nSPS) is 9.64. The fourth-order valence-corrected chi connectivity index (χ4v) is 0.774. The highest BCUT2D eigenvalue weighted by Crippen LogP contribution is 2.00. The molecule has 0 aromatic carbocycles. The molecule has 11 heavy (non-hydrogen) atoms. The molecular formula is C7H9N3O. The van der Waals surface area contributed by atoms with Crippen molar-refractivity contribution in [2.75, 3.05) is 6.54 Å². The molecule has 0 aliphatic heterocycles. The molecule has 0 aliphatic carbocycles. The molecule has 2 N–H and O–H groups in total. The second-order valence-corrected chi connectivity index (χ2v) is 2.15. The van der Waals surface area contributed by atoms with Gasteiger partial charge in [0.2, 0.25) is 0 Å². The summed E-state index contributed by atoms with van der Waals surface area (Å²) in [6, 6.07) is 0. The number of carbonyl (C=O) groups is 1. The van der Waals surface area contributed by atoms with Gasteiger partial charge in [-0.1, -0.05) is 0 Å². The number of ketones is 1. The molecule has 4 heteroatoms. The third-order valence-electron chi connectivity index (χ3n) is 1.40. The largest absolute Gasteiger partial charge is 0.324 e. The standard InChI is InChI=1S/C7H9N3O/c1-5-6(7(11)2-8)3-9-4-10-5/h3-4H,2,8H2,1H3. The Kier molecular flexibility index (Phi) is 2.28. The maximum Gasteiger partial charge on any atom is 0.179 e. The summed E-state index contributed by atoms with van der Waals surface area (Å²) in [5.41, 5.74) is 6.35. The molecule has 1 heterocycles. The van der Waals surface area contributed by atoms with E-state index in [2.05, 4.69) is 9.97 Å². The van der Waals surface area contributed by atoms with E-state index in [1.54, 1.807) is 6.92 Å². The van der Waals surface area contributed by atoms with Crippen molar-refractivity contribution < 1.29 is 4.79 Å². The highest BCUT2D eigenvalue weighted by molar-refractivity contribution is 5.98. The minimum absolute atomic E-state index is 0.00815. The molecule has 0 atom stereocenters. The molecule has 0 saturated carbocycles. The van der Waals surface area contributed by atoms with Gasteiger partial charge in [0.25, 0.3) is 0 Å². The van der Waals surface area contributed by atoms with Crippen molar-refractivity contribution in [3.8, 4) is 0 Å². The lowest BCUT2D eigenvalue weighted by atomic mass is 10.1. The number of hydrogen-bond donors (Lipinski definition) is 1. The SMILES string of the molecule is Cc1ncncc1C(=O)CN. The van der Waals surface area contributed by atoms with Gasteiger partial charge in [-0.05, 0) is 6.92 Å². The van der Waals surface area contributed by atoms with Crippen LogP contribution in [0.25, 0.3) is 0 Å². The second kappa shape index (κ2) is 3.21. The van der Waals surface area contributed by atoms with Gasteiger partial charge in [-0.25, -0.2) is 9.97 Å². The van der Waals surface area contributed by atoms with Gasteiger partial charge in [-0.2, -0.15) is 0 Å². The number of nitrogens with zero attached hydrogens (tertiary/aromatic N) is 2. The molecule has 0 fully saturated rings. The monoisotopic (exact) mass is 151 g/mol. The van der Waals surface area contributed by atoms with Crippen molar-refractivity contribution in [2.24, 2.45) is 5.73 Å².